The molecule has 72 heavy (non-hydrogen) atoms. The average Bonchev–Trinajstić information content (AvgIpc) is 3.34. The third-order valence-corrected chi connectivity index (χ3v) is 15.3. The number of hydrogen-bond acceptors (Lipinski definition) is 5. The second-order valence-corrected chi connectivity index (χ2v) is 24.2. The number of carbonyl (C=O) groups excluding carboxylic acids is 1. The normalized spacial score (nSPS) is 14.0. The van der Waals surface area contributed by atoms with E-state index in [0.717, 1.165) is 44.9 Å². The van der Waals surface area contributed by atoms with Crippen molar-refractivity contribution in [3.05, 3.63) is 36.5 Å². The Morgan fingerprint density at radius 2 is 0.792 bits per heavy atom. The second kappa shape index (κ2) is 54.5. The van der Waals surface area contributed by atoms with Gasteiger partial charge in [0.15, 0.2) is 0 Å². The maximum absolute atomic E-state index is 13.0. The lowest BCUT2D eigenvalue weighted by Gasteiger charge is -2.25. The number of aliphatic hydroxyl groups is 1. The molecule has 0 radical (unpaired) electrons. The smallest absolute Gasteiger partial charge is 0.387 e. The van der Waals surface area contributed by atoms with Crippen LogP contribution in [0.4, 0.5) is 0 Å². The molecule has 0 aromatic carbocycles. The number of phosphoric ester groups is 1. The number of likely N-dealkylation sites (N-methyl/N-ethyl adjacent to an activating group) is 1. The van der Waals surface area contributed by atoms with E-state index in [9.17, 15) is 19.4 Å². The first-order valence-electron chi connectivity index (χ1n) is 31.4. The van der Waals surface area contributed by atoms with Gasteiger partial charge in [0.1, 0.15) is 13.2 Å². The Balaban J connectivity index is 4.15. The van der Waals surface area contributed by atoms with Crippen LogP contribution in [-0.4, -0.2) is 73.4 Å². The van der Waals surface area contributed by atoms with Crippen molar-refractivity contribution in [2.45, 2.75) is 321 Å². The lowest BCUT2D eigenvalue weighted by Crippen LogP contribution is -2.45. The lowest BCUT2D eigenvalue weighted by molar-refractivity contribution is -0.870. The quantitative estimate of drug-likeness (QED) is 0.0243. The molecule has 0 spiro atoms. The molecule has 426 valence electrons. The summed E-state index contributed by atoms with van der Waals surface area (Å²) >= 11 is 0. The summed E-state index contributed by atoms with van der Waals surface area (Å²) in [6.07, 6.45) is 71.1. The third-order valence-electron chi connectivity index (χ3n) is 14.4. The predicted octanol–water partition coefficient (Wildman–Crippen LogP) is 19.3. The molecule has 0 bridgehead atoms. The SMILES string of the molecule is CCCCCCCCCCC/C=C\C/C=C\CCCCCCCCCCCCCC(=O)NC(COP(=O)(O)OCC[N+](C)(C)C)C(O)/C=C/CCCCCCCCCCCCCCCCCCCCCCC. The zero-order valence-corrected chi connectivity index (χ0v) is 49.6. The first-order chi connectivity index (χ1) is 35.0. The van der Waals surface area contributed by atoms with E-state index in [0.29, 0.717) is 17.4 Å². The number of aliphatic hydroxyl groups excluding tert-OH is 1. The van der Waals surface area contributed by atoms with E-state index in [1.165, 1.54) is 244 Å². The van der Waals surface area contributed by atoms with Crippen molar-refractivity contribution >= 4 is 13.7 Å². The van der Waals surface area contributed by atoms with Gasteiger partial charge in [0.25, 0.3) is 0 Å². The fraction of sp³-hybridized carbons (Fsp3) is 0.889. The van der Waals surface area contributed by atoms with Crippen molar-refractivity contribution in [2.75, 3.05) is 40.9 Å². The number of carbonyl (C=O) groups is 1. The highest BCUT2D eigenvalue weighted by molar-refractivity contribution is 7.47. The van der Waals surface area contributed by atoms with Crippen molar-refractivity contribution in [1.82, 2.24) is 5.32 Å². The molecule has 0 fully saturated rings. The number of phosphoric acid groups is 1. The van der Waals surface area contributed by atoms with Gasteiger partial charge in [0.2, 0.25) is 5.91 Å². The lowest BCUT2D eigenvalue weighted by atomic mass is 10.0. The molecule has 0 rings (SSSR count). The van der Waals surface area contributed by atoms with Crippen molar-refractivity contribution in [2.24, 2.45) is 0 Å². The van der Waals surface area contributed by atoms with Crippen LogP contribution < -0.4 is 5.32 Å². The minimum atomic E-state index is -4.35. The largest absolute Gasteiger partial charge is 0.472 e. The van der Waals surface area contributed by atoms with Crippen molar-refractivity contribution in [3.8, 4) is 0 Å². The average molecular weight is 1040 g/mol. The Morgan fingerprint density at radius 1 is 0.472 bits per heavy atom. The molecule has 3 N–H and O–H groups in total. The van der Waals surface area contributed by atoms with Crippen LogP contribution in [0, 0.1) is 0 Å². The molecular formula is C63H124N2O6P+. The minimum absolute atomic E-state index is 0.0619. The molecule has 0 saturated carbocycles. The van der Waals surface area contributed by atoms with Gasteiger partial charge in [-0.05, 0) is 51.4 Å². The molecule has 8 nitrogen and oxygen atoms in total. The Kier molecular flexibility index (Phi) is 53.5. The van der Waals surface area contributed by atoms with E-state index in [1.807, 2.05) is 27.2 Å². The number of quaternary nitrogens is 1. The monoisotopic (exact) mass is 1040 g/mol. The van der Waals surface area contributed by atoms with Crippen molar-refractivity contribution < 1.29 is 32.9 Å². The van der Waals surface area contributed by atoms with Crippen LogP contribution >= 0.6 is 7.82 Å². The van der Waals surface area contributed by atoms with E-state index in [2.05, 4.69) is 43.5 Å². The van der Waals surface area contributed by atoms with E-state index >= 15 is 0 Å². The van der Waals surface area contributed by atoms with Gasteiger partial charge < -0.3 is 19.8 Å². The number of hydrogen-bond donors (Lipinski definition) is 3. The van der Waals surface area contributed by atoms with Crippen LogP contribution in [-0.2, 0) is 18.4 Å². The molecule has 0 aliphatic heterocycles. The highest BCUT2D eigenvalue weighted by Gasteiger charge is 2.27. The molecule has 3 unspecified atom stereocenters. The first-order valence-corrected chi connectivity index (χ1v) is 32.9. The number of amides is 1. The maximum atomic E-state index is 13.0. The Hall–Kier alpha value is -1.28. The summed E-state index contributed by atoms with van der Waals surface area (Å²) in [5.41, 5.74) is 0. The molecule has 0 aliphatic rings. The van der Waals surface area contributed by atoms with Gasteiger partial charge in [0.05, 0.1) is 39.9 Å². The molecule has 0 heterocycles. The Morgan fingerprint density at radius 3 is 1.14 bits per heavy atom. The van der Waals surface area contributed by atoms with Gasteiger partial charge >= 0.3 is 7.82 Å². The second-order valence-electron chi connectivity index (χ2n) is 22.8. The fourth-order valence-electron chi connectivity index (χ4n) is 9.43. The summed E-state index contributed by atoms with van der Waals surface area (Å²) in [6.45, 7) is 4.86. The molecule has 0 aliphatic carbocycles. The molecule has 9 heteroatoms. The first kappa shape index (κ1) is 70.7. The molecular weight excluding hydrogens is 912 g/mol. The number of rotatable bonds is 58. The molecule has 0 saturated heterocycles. The zero-order chi connectivity index (χ0) is 52.7. The van der Waals surface area contributed by atoms with E-state index in [-0.39, 0.29) is 19.1 Å². The molecule has 3 atom stereocenters. The molecule has 0 aromatic rings. The van der Waals surface area contributed by atoms with E-state index in [4.69, 9.17) is 9.05 Å². The molecule has 1 amide bonds. The molecule has 0 aromatic heterocycles. The van der Waals surface area contributed by atoms with Crippen LogP contribution in [0.15, 0.2) is 36.5 Å². The van der Waals surface area contributed by atoms with Crippen LogP contribution in [0.5, 0.6) is 0 Å². The van der Waals surface area contributed by atoms with Crippen LogP contribution in [0.25, 0.3) is 0 Å². The summed E-state index contributed by atoms with van der Waals surface area (Å²) in [6, 6.07) is -0.848. The highest BCUT2D eigenvalue weighted by Crippen LogP contribution is 2.43. The van der Waals surface area contributed by atoms with Gasteiger partial charge in [0, 0.05) is 6.42 Å². The van der Waals surface area contributed by atoms with E-state index < -0.39 is 20.0 Å². The van der Waals surface area contributed by atoms with E-state index in [1.54, 1.807) is 6.08 Å². The summed E-state index contributed by atoms with van der Waals surface area (Å²) < 4.78 is 23.8. The Labute approximate surface area is 448 Å². The van der Waals surface area contributed by atoms with Gasteiger partial charge in [-0.15, -0.1) is 0 Å². The van der Waals surface area contributed by atoms with Crippen molar-refractivity contribution in [1.29, 1.82) is 0 Å². The number of nitrogens with zero attached hydrogens (tertiary/aromatic N) is 1. The summed E-state index contributed by atoms with van der Waals surface area (Å²) in [5, 5.41) is 14.0. The predicted molar refractivity (Wildman–Crippen MR) is 314 cm³/mol. The minimum Gasteiger partial charge on any atom is -0.387 e. The van der Waals surface area contributed by atoms with Gasteiger partial charge in [-0.3, -0.25) is 13.8 Å². The maximum Gasteiger partial charge on any atom is 0.472 e. The highest BCUT2D eigenvalue weighted by atomic mass is 31.2. The third kappa shape index (κ3) is 56.4. The van der Waals surface area contributed by atoms with Gasteiger partial charge in [-0.2, -0.15) is 0 Å². The standard InChI is InChI=1S/C63H123N2O6P/c1-6-8-10-12-14-16-18-20-22-24-26-28-30-31-32-33-35-37-39-41-43-45-47-49-51-53-55-57-63(67)64-61(60-71-72(68,69)70-59-58-65(3,4)5)62(66)56-54-52-50-48-46-44-42-40-38-36-34-29-27-25-23-21-19-17-15-13-11-9-7-2/h26,28,31-32,54,56,61-62,66H,6-25,27,29-30,33-53,55,57-60H2,1-5H3,(H-,64,67,68,69)/p+1/b28-26-,32-31-,56-54+. The topological polar surface area (TPSA) is 105 Å². The zero-order valence-electron chi connectivity index (χ0n) is 48.7. The summed E-state index contributed by atoms with van der Waals surface area (Å²) in [4.78, 5) is 23.4. The van der Waals surface area contributed by atoms with Crippen molar-refractivity contribution in [3.63, 3.8) is 0 Å². The number of allylic oxidation sites excluding steroid dienone is 5. The number of unbranched alkanes of at least 4 members (excludes halogenated alkanes) is 41. The summed E-state index contributed by atoms with van der Waals surface area (Å²) in [7, 11) is 1.58. The van der Waals surface area contributed by atoms with Crippen LogP contribution in [0.3, 0.4) is 0 Å². The van der Waals surface area contributed by atoms with Gasteiger partial charge in [-0.1, -0.05) is 288 Å². The summed E-state index contributed by atoms with van der Waals surface area (Å²) in [5.74, 6) is -0.175. The van der Waals surface area contributed by atoms with Crippen LogP contribution in [0.2, 0.25) is 0 Å². The Bertz CT molecular complexity index is 1270. The number of nitrogens with one attached hydrogen (secondary N) is 1. The van der Waals surface area contributed by atoms with Gasteiger partial charge in [-0.25, -0.2) is 4.57 Å². The van der Waals surface area contributed by atoms with Crippen LogP contribution in [0.1, 0.15) is 309 Å². The fourth-order valence-corrected chi connectivity index (χ4v) is 10.2.